The second-order valence-corrected chi connectivity index (χ2v) is 7.59. The Balaban J connectivity index is 1.51. The predicted octanol–water partition coefficient (Wildman–Crippen LogP) is 4.64. The minimum atomic E-state index is -0.906. The molecule has 0 radical (unpaired) electrons. The van der Waals surface area contributed by atoms with Crippen molar-refractivity contribution in [1.29, 1.82) is 0 Å². The number of ether oxygens (including phenoxy) is 2. The molecule has 1 N–H and O–H groups in total. The molecule has 0 heterocycles. The third kappa shape index (κ3) is 5.37. The van der Waals surface area contributed by atoms with Crippen LogP contribution >= 0.6 is 0 Å². The van der Waals surface area contributed by atoms with Crippen LogP contribution in [0.3, 0.4) is 0 Å². The Kier molecular flexibility index (Phi) is 6.91. The second kappa shape index (κ2) is 9.59. The van der Waals surface area contributed by atoms with Gasteiger partial charge in [0.2, 0.25) is 0 Å². The minimum absolute atomic E-state index is 0.222. The van der Waals surface area contributed by atoms with Crippen LogP contribution in [0.1, 0.15) is 56.2 Å². The highest BCUT2D eigenvalue weighted by Gasteiger charge is 2.20. The molecule has 154 valence electrons. The molecule has 3 rings (SSSR count). The molecule has 29 heavy (non-hydrogen) atoms. The number of hydrogen-bond donors (Lipinski definition) is 1. The SMILES string of the molecule is CC[C@H](C)c1ccccc1NC(=O)[C@@H](C)OC(=O)COc1ccc2c(c1)CCC2. The Morgan fingerprint density at radius 1 is 1.07 bits per heavy atom. The zero-order valence-electron chi connectivity index (χ0n) is 17.4. The first-order valence-electron chi connectivity index (χ1n) is 10.3. The van der Waals surface area contributed by atoms with Crippen molar-refractivity contribution in [2.75, 3.05) is 11.9 Å². The minimum Gasteiger partial charge on any atom is -0.482 e. The van der Waals surface area contributed by atoms with Crippen molar-refractivity contribution in [3.63, 3.8) is 0 Å². The molecule has 0 aliphatic heterocycles. The zero-order chi connectivity index (χ0) is 20.8. The summed E-state index contributed by atoms with van der Waals surface area (Å²) in [6.45, 7) is 5.56. The molecular weight excluding hydrogens is 366 g/mol. The van der Waals surface area contributed by atoms with Crippen LogP contribution in [-0.2, 0) is 27.2 Å². The molecule has 0 bridgehead atoms. The van der Waals surface area contributed by atoms with Crippen LogP contribution in [-0.4, -0.2) is 24.6 Å². The van der Waals surface area contributed by atoms with Gasteiger partial charge in [-0.2, -0.15) is 0 Å². The summed E-state index contributed by atoms with van der Waals surface area (Å²) in [5.74, 6) is 0.0576. The molecule has 0 saturated carbocycles. The van der Waals surface area contributed by atoms with Crippen LogP contribution in [0, 0.1) is 0 Å². The first-order chi connectivity index (χ1) is 14.0. The largest absolute Gasteiger partial charge is 0.482 e. The topological polar surface area (TPSA) is 64.6 Å². The Hall–Kier alpha value is -2.82. The van der Waals surface area contributed by atoms with Gasteiger partial charge in [-0.3, -0.25) is 4.79 Å². The summed E-state index contributed by atoms with van der Waals surface area (Å²) in [5.41, 5.74) is 4.46. The van der Waals surface area contributed by atoms with Gasteiger partial charge in [0.25, 0.3) is 5.91 Å². The van der Waals surface area contributed by atoms with E-state index in [-0.39, 0.29) is 12.5 Å². The molecular formula is C24H29NO4. The van der Waals surface area contributed by atoms with Gasteiger partial charge in [-0.1, -0.05) is 38.1 Å². The summed E-state index contributed by atoms with van der Waals surface area (Å²) in [6, 6.07) is 13.6. The van der Waals surface area contributed by atoms with Gasteiger partial charge in [0.15, 0.2) is 12.7 Å². The Morgan fingerprint density at radius 2 is 1.83 bits per heavy atom. The van der Waals surface area contributed by atoms with Gasteiger partial charge in [-0.15, -0.1) is 0 Å². The van der Waals surface area contributed by atoms with E-state index in [4.69, 9.17) is 9.47 Å². The first-order valence-corrected chi connectivity index (χ1v) is 10.3. The Morgan fingerprint density at radius 3 is 2.62 bits per heavy atom. The summed E-state index contributed by atoms with van der Waals surface area (Å²) < 4.78 is 10.8. The van der Waals surface area contributed by atoms with Gasteiger partial charge in [0.1, 0.15) is 5.75 Å². The van der Waals surface area contributed by atoms with Crippen LogP contribution in [0.4, 0.5) is 5.69 Å². The van der Waals surface area contributed by atoms with E-state index in [1.807, 2.05) is 42.5 Å². The van der Waals surface area contributed by atoms with Crippen molar-refractivity contribution in [2.24, 2.45) is 0 Å². The van der Waals surface area contributed by atoms with E-state index < -0.39 is 12.1 Å². The van der Waals surface area contributed by atoms with Gasteiger partial charge in [0.05, 0.1) is 0 Å². The fourth-order valence-corrected chi connectivity index (χ4v) is 3.56. The van der Waals surface area contributed by atoms with E-state index in [2.05, 4.69) is 19.2 Å². The first kappa shape index (κ1) is 20.9. The molecule has 0 saturated heterocycles. The van der Waals surface area contributed by atoms with Crippen molar-refractivity contribution in [3.05, 3.63) is 59.2 Å². The number of aryl methyl sites for hydroxylation is 2. The van der Waals surface area contributed by atoms with E-state index in [1.54, 1.807) is 6.92 Å². The standard InChI is InChI=1S/C24H29NO4/c1-4-16(2)21-10-5-6-11-22(21)25-24(27)17(3)29-23(26)15-28-20-13-12-18-8-7-9-19(18)14-20/h5-6,10-14,16-17H,4,7-9,15H2,1-3H3,(H,25,27)/t16-,17+/m0/s1. The predicted molar refractivity (Wildman–Crippen MR) is 113 cm³/mol. The maximum absolute atomic E-state index is 12.5. The molecule has 0 aromatic heterocycles. The maximum Gasteiger partial charge on any atom is 0.344 e. The van der Waals surface area contributed by atoms with Crippen molar-refractivity contribution >= 4 is 17.6 Å². The summed E-state index contributed by atoms with van der Waals surface area (Å²) in [7, 11) is 0. The van der Waals surface area contributed by atoms with E-state index in [0.717, 1.165) is 36.9 Å². The van der Waals surface area contributed by atoms with Crippen molar-refractivity contribution < 1.29 is 19.1 Å². The molecule has 1 amide bonds. The van der Waals surface area contributed by atoms with Crippen LogP contribution in [0.15, 0.2) is 42.5 Å². The molecule has 0 spiro atoms. The number of anilines is 1. The third-order valence-corrected chi connectivity index (χ3v) is 5.47. The summed E-state index contributed by atoms with van der Waals surface area (Å²) in [6.07, 6.45) is 3.37. The highest BCUT2D eigenvalue weighted by molar-refractivity contribution is 5.95. The monoisotopic (exact) mass is 395 g/mol. The van der Waals surface area contributed by atoms with Crippen LogP contribution in [0.2, 0.25) is 0 Å². The van der Waals surface area contributed by atoms with Crippen LogP contribution in [0.5, 0.6) is 5.75 Å². The normalized spacial score (nSPS) is 14.6. The lowest BCUT2D eigenvalue weighted by Gasteiger charge is -2.18. The number of benzene rings is 2. The molecule has 0 unspecified atom stereocenters. The quantitative estimate of drug-likeness (QED) is 0.662. The fraction of sp³-hybridized carbons (Fsp3) is 0.417. The number of rotatable bonds is 8. The van der Waals surface area contributed by atoms with E-state index in [9.17, 15) is 9.59 Å². The molecule has 1 aliphatic carbocycles. The summed E-state index contributed by atoms with van der Waals surface area (Å²) in [4.78, 5) is 24.6. The number of nitrogens with one attached hydrogen (secondary N) is 1. The second-order valence-electron chi connectivity index (χ2n) is 7.59. The number of carbonyl (C=O) groups is 2. The van der Waals surface area contributed by atoms with Gasteiger partial charge in [-0.05, 0) is 73.4 Å². The van der Waals surface area contributed by atoms with Crippen molar-refractivity contribution in [1.82, 2.24) is 0 Å². The van der Waals surface area contributed by atoms with Crippen molar-refractivity contribution in [2.45, 2.75) is 58.5 Å². The van der Waals surface area contributed by atoms with Crippen molar-refractivity contribution in [3.8, 4) is 5.75 Å². The molecule has 1 aliphatic rings. The lowest BCUT2D eigenvalue weighted by Crippen LogP contribution is -2.32. The number of amides is 1. The molecule has 5 nitrogen and oxygen atoms in total. The van der Waals surface area contributed by atoms with Gasteiger partial charge < -0.3 is 14.8 Å². The number of para-hydroxylation sites is 1. The van der Waals surface area contributed by atoms with Crippen LogP contribution in [0.25, 0.3) is 0 Å². The lowest BCUT2D eigenvalue weighted by atomic mass is 9.97. The van der Waals surface area contributed by atoms with E-state index in [0.29, 0.717) is 11.7 Å². The maximum atomic E-state index is 12.5. The lowest BCUT2D eigenvalue weighted by molar-refractivity contribution is -0.155. The van der Waals surface area contributed by atoms with Gasteiger partial charge in [-0.25, -0.2) is 4.79 Å². The highest BCUT2D eigenvalue weighted by atomic mass is 16.6. The number of esters is 1. The molecule has 2 atom stereocenters. The average Bonchev–Trinajstić information content (AvgIpc) is 3.20. The molecule has 2 aromatic carbocycles. The number of carbonyl (C=O) groups excluding carboxylic acids is 2. The van der Waals surface area contributed by atoms with E-state index >= 15 is 0 Å². The average molecular weight is 395 g/mol. The Bertz CT molecular complexity index is 877. The van der Waals surface area contributed by atoms with Gasteiger partial charge in [0, 0.05) is 5.69 Å². The van der Waals surface area contributed by atoms with Gasteiger partial charge >= 0.3 is 5.97 Å². The number of fused-ring (bicyclic) bond motifs is 1. The fourth-order valence-electron chi connectivity index (χ4n) is 3.56. The number of hydrogen-bond acceptors (Lipinski definition) is 4. The summed E-state index contributed by atoms with van der Waals surface area (Å²) in [5, 5.41) is 2.88. The molecule has 2 aromatic rings. The third-order valence-electron chi connectivity index (χ3n) is 5.47. The highest BCUT2D eigenvalue weighted by Crippen LogP contribution is 2.27. The van der Waals surface area contributed by atoms with E-state index in [1.165, 1.54) is 11.1 Å². The Labute approximate surface area is 172 Å². The smallest absolute Gasteiger partial charge is 0.344 e. The molecule has 0 fully saturated rings. The zero-order valence-corrected chi connectivity index (χ0v) is 17.4. The summed E-state index contributed by atoms with van der Waals surface area (Å²) >= 11 is 0. The van der Waals surface area contributed by atoms with Crippen LogP contribution < -0.4 is 10.1 Å². The molecule has 5 heteroatoms.